The molecule has 0 spiro atoms. The normalized spacial score (nSPS) is 22.9. The van der Waals surface area contributed by atoms with Gasteiger partial charge in [0.05, 0.1) is 18.4 Å². The summed E-state index contributed by atoms with van der Waals surface area (Å²) < 4.78 is 5.56. The first kappa shape index (κ1) is 28.8. The van der Waals surface area contributed by atoms with E-state index in [4.69, 9.17) is 4.74 Å². The molecule has 2 amide bonds. The van der Waals surface area contributed by atoms with Gasteiger partial charge in [-0.25, -0.2) is 5.01 Å². The van der Waals surface area contributed by atoms with Crippen molar-refractivity contribution in [1.82, 2.24) is 10.3 Å². The number of rotatable bonds is 10. The molecule has 2 atom stereocenters. The van der Waals surface area contributed by atoms with E-state index in [0.717, 1.165) is 68.1 Å². The number of nitrogens with zero attached hydrogens (tertiary/aromatic N) is 2. The summed E-state index contributed by atoms with van der Waals surface area (Å²) in [6, 6.07) is 17.8. The monoisotopic (exact) mass is 559 g/mol. The van der Waals surface area contributed by atoms with Crippen molar-refractivity contribution in [2.24, 2.45) is 22.9 Å². The molecule has 5 rings (SSSR count). The number of benzene rings is 2. The van der Waals surface area contributed by atoms with E-state index in [9.17, 15) is 19.5 Å². The third-order valence-corrected chi connectivity index (χ3v) is 8.98. The summed E-state index contributed by atoms with van der Waals surface area (Å²) in [7, 11) is 0. The molecule has 8 heteroatoms. The van der Waals surface area contributed by atoms with Crippen LogP contribution in [-0.2, 0) is 25.7 Å². The molecule has 2 N–H and O–H groups in total. The van der Waals surface area contributed by atoms with Crippen LogP contribution in [0.3, 0.4) is 0 Å². The van der Waals surface area contributed by atoms with Crippen LogP contribution in [0.25, 0.3) is 0 Å². The van der Waals surface area contributed by atoms with Crippen LogP contribution in [-0.4, -0.2) is 46.4 Å². The van der Waals surface area contributed by atoms with E-state index in [1.165, 1.54) is 5.01 Å². The number of hydrazone groups is 1. The maximum atomic E-state index is 13.7. The molecule has 1 aliphatic heterocycles. The summed E-state index contributed by atoms with van der Waals surface area (Å²) in [5, 5.41) is 18.5. The maximum Gasteiger partial charge on any atom is 0.306 e. The van der Waals surface area contributed by atoms with Crippen molar-refractivity contribution in [2.75, 3.05) is 6.61 Å². The third kappa shape index (κ3) is 7.34. The molecule has 0 radical (unpaired) electrons. The minimum Gasteiger partial charge on any atom is -0.481 e. The molecule has 8 nitrogen and oxygen atoms in total. The summed E-state index contributed by atoms with van der Waals surface area (Å²) in [6.45, 7) is 2.07. The van der Waals surface area contributed by atoms with Crippen molar-refractivity contribution < 1.29 is 24.2 Å². The molecule has 0 aromatic heterocycles. The number of hydrogen-bond acceptors (Lipinski definition) is 5. The quantitative estimate of drug-likeness (QED) is 0.402. The van der Waals surface area contributed by atoms with Gasteiger partial charge in [-0.15, -0.1) is 5.10 Å². The van der Waals surface area contributed by atoms with E-state index in [0.29, 0.717) is 30.7 Å². The third-order valence-electron chi connectivity index (χ3n) is 8.98. The molecule has 2 unspecified atom stereocenters. The smallest absolute Gasteiger partial charge is 0.306 e. The lowest BCUT2D eigenvalue weighted by atomic mass is 9.80. The zero-order valence-electron chi connectivity index (χ0n) is 23.8. The molecule has 218 valence electrons. The zero-order chi connectivity index (χ0) is 28.8. The molecule has 1 heterocycles. The van der Waals surface area contributed by atoms with Gasteiger partial charge < -0.3 is 15.2 Å². The number of amides is 2. The van der Waals surface area contributed by atoms with Crippen LogP contribution in [0, 0.1) is 17.8 Å². The van der Waals surface area contributed by atoms with Crippen LogP contribution in [0.4, 0.5) is 0 Å². The lowest BCUT2D eigenvalue weighted by Gasteiger charge is -2.32. The molecule has 0 saturated heterocycles. The zero-order valence-corrected chi connectivity index (χ0v) is 23.8. The van der Waals surface area contributed by atoms with E-state index in [1.807, 2.05) is 54.6 Å². The van der Waals surface area contributed by atoms with Gasteiger partial charge in [-0.05, 0) is 80.0 Å². The van der Waals surface area contributed by atoms with E-state index in [-0.39, 0.29) is 36.3 Å². The van der Waals surface area contributed by atoms with Gasteiger partial charge in [0.25, 0.3) is 5.91 Å². The Morgan fingerprint density at radius 3 is 2.34 bits per heavy atom. The fraction of sp³-hybridized carbons (Fsp3) is 0.515. The molecule has 2 aromatic rings. The molecule has 3 aliphatic rings. The standard InChI is InChI=1S/C33H41N3O5/c1-22(33(39)40)19-23-13-17-28(18-14-23)34-31(38)30(25-7-5-6-8-25)26-15-11-24(12-16-26)20-36-29(37)21-41-32(35-36)27-9-3-2-4-10-27/h2-4,9-12,15-16,22-23,25,28,30H,5-8,13-14,17-21H2,1H3,(H,34,38)(H,39,40)/t22?,23-,28+,30?. The summed E-state index contributed by atoms with van der Waals surface area (Å²) in [6.07, 6.45) is 8.84. The largest absolute Gasteiger partial charge is 0.481 e. The SMILES string of the molecule is CC(C[C@H]1CC[C@@H](NC(=O)C(c2ccc(CN3N=C(c4ccccc4)OCC3=O)cc2)C2CCCC2)CC1)C(=O)O. The summed E-state index contributed by atoms with van der Waals surface area (Å²) in [5.41, 5.74) is 2.79. The minimum absolute atomic E-state index is 0.0454. The van der Waals surface area contributed by atoms with E-state index < -0.39 is 5.97 Å². The molecule has 2 aromatic carbocycles. The Hall–Kier alpha value is -3.68. The number of ether oxygens (including phenoxy) is 1. The van der Waals surface area contributed by atoms with Gasteiger partial charge in [0.1, 0.15) is 0 Å². The van der Waals surface area contributed by atoms with E-state index in [2.05, 4.69) is 10.4 Å². The van der Waals surface area contributed by atoms with Crippen molar-refractivity contribution in [1.29, 1.82) is 0 Å². The highest BCUT2D eigenvalue weighted by atomic mass is 16.5. The van der Waals surface area contributed by atoms with Gasteiger partial charge in [-0.2, -0.15) is 0 Å². The number of carbonyl (C=O) groups is 3. The van der Waals surface area contributed by atoms with Crippen LogP contribution in [0.15, 0.2) is 59.7 Å². The Morgan fingerprint density at radius 2 is 1.68 bits per heavy atom. The summed E-state index contributed by atoms with van der Waals surface area (Å²) in [4.78, 5) is 37.4. The minimum atomic E-state index is -0.730. The van der Waals surface area contributed by atoms with Gasteiger partial charge >= 0.3 is 5.97 Å². The topological polar surface area (TPSA) is 108 Å². The average Bonchev–Trinajstić information content (AvgIpc) is 3.51. The fourth-order valence-corrected chi connectivity index (χ4v) is 6.61. The highest BCUT2D eigenvalue weighted by Gasteiger charge is 2.34. The van der Waals surface area contributed by atoms with Gasteiger partial charge in [-0.1, -0.05) is 62.2 Å². The molecule has 0 bridgehead atoms. The van der Waals surface area contributed by atoms with Crippen molar-refractivity contribution in [3.8, 4) is 0 Å². The highest BCUT2D eigenvalue weighted by molar-refractivity contribution is 5.97. The Kier molecular flexibility index (Phi) is 9.37. The molecule has 2 aliphatic carbocycles. The Bertz CT molecular complexity index is 1230. The average molecular weight is 560 g/mol. The van der Waals surface area contributed by atoms with Crippen LogP contribution >= 0.6 is 0 Å². The second-order valence-corrected chi connectivity index (χ2v) is 12.0. The van der Waals surface area contributed by atoms with E-state index >= 15 is 0 Å². The number of carbonyl (C=O) groups excluding carboxylic acids is 2. The van der Waals surface area contributed by atoms with Crippen molar-refractivity contribution in [2.45, 2.75) is 83.2 Å². The Labute approximate surface area is 242 Å². The van der Waals surface area contributed by atoms with Gasteiger partial charge in [0.2, 0.25) is 11.8 Å². The van der Waals surface area contributed by atoms with Gasteiger partial charge in [0.15, 0.2) is 6.61 Å². The lowest BCUT2D eigenvalue weighted by molar-refractivity contribution is -0.141. The highest BCUT2D eigenvalue weighted by Crippen LogP contribution is 2.38. The van der Waals surface area contributed by atoms with Gasteiger partial charge in [-0.3, -0.25) is 14.4 Å². The second kappa shape index (κ2) is 13.3. The van der Waals surface area contributed by atoms with Gasteiger partial charge in [0, 0.05) is 11.6 Å². The van der Waals surface area contributed by atoms with Crippen molar-refractivity contribution in [3.63, 3.8) is 0 Å². The number of aliphatic carboxylic acids is 1. The predicted molar refractivity (Wildman–Crippen MR) is 156 cm³/mol. The Morgan fingerprint density at radius 1 is 1.00 bits per heavy atom. The second-order valence-electron chi connectivity index (χ2n) is 12.0. The fourth-order valence-electron chi connectivity index (χ4n) is 6.61. The lowest BCUT2D eigenvalue weighted by Crippen LogP contribution is -2.42. The number of nitrogens with one attached hydrogen (secondary N) is 1. The summed E-state index contributed by atoms with van der Waals surface area (Å²) in [5.74, 6) is -0.149. The number of carboxylic acid groups (broad SMARTS) is 1. The van der Waals surface area contributed by atoms with Crippen molar-refractivity contribution in [3.05, 3.63) is 71.3 Å². The van der Waals surface area contributed by atoms with Crippen LogP contribution in [0.5, 0.6) is 0 Å². The molecule has 2 saturated carbocycles. The first-order valence-electron chi connectivity index (χ1n) is 15.1. The number of carboxylic acids is 1. The first-order valence-corrected chi connectivity index (χ1v) is 15.1. The molecule has 41 heavy (non-hydrogen) atoms. The first-order chi connectivity index (χ1) is 19.9. The van der Waals surface area contributed by atoms with Crippen LogP contribution in [0.1, 0.15) is 87.3 Å². The van der Waals surface area contributed by atoms with E-state index in [1.54, 1.807) is 6.92 Å². The maximum absolute atomic E-state index is 13.7. The molecule has 2 fully saturated rings. The number of hydrogen-bond donors (Lipinski definition) is 2. The van der Waals surface area contributed by atoms with Crippen LogP contribution < -0.4 is 5.32 Å². The predicted octanol–water partition coefficient (Wildman–Crippen LogP) is 5.47. The Balaban J connectivity index is 1.23. The van der Waals surface area contributed by atoms with Crippen molar-refractivity contribution >= 4 is 23.7 Å². The van der Waals surface area contributed by atoms with Crippen LogP contribution in [0.2, 0.25) is 0 Å². The molecular formula is C33H41N3O5. The molecular weight excluding hydrogens is 518 g/mol. The summed E-state index contributed by atoms with van der Waals surface area (Å²) >= 11 is 0.